The van der Waals surface area contributed by atoms with Gasteiger partial charge in [0.15, 0.2) is 5.82 Å². The van der Waals surface area contributed by atoms with Gasteiger partial charge in [0.1, 0.15) is 11.5 Å². The monoisotopic (exact) mass is 435 g/mol. The van der Waals surface area contributed by atoms with Gasteiger partial charge >= 0.3 is 5.97 Å². The summed E-state index contributed by atoms with van der Waals surface area (Å²) >= 11 is 1.26. The van der Waals surface area contributed by atoms with Gasteiger partial charge in [0, 0.05) is 6.92 Å². The highest BCUT2D eigenvalue weighted by Gasteiger charge is 2.16. The third-order valence-corrected chi connectivity index (χ3v) is 5.47. The van der Waals surface area contributed by atoms with Crippen molar-refractivity contribution < 1.29 is 14.3 Å². The number of para-hydroxylation sites is 1. The summed E-state index contributed by atoms with van der Waals surface area (Å²) in [5.74, 6) is 1.07. The molecule has 8 heteroatoms. The lowest BCUT2D eigenvalue weighted by Crippen LogP contribution is -2.23. The summed E-state index contributed by atoms with van der Waals surface area (Å²) in [7, 11) is 0. The number of thiazole rings is 1. The Hall–Kier alpha value is -3.52. The third kappa shape index (κ3) is 4.64. The summed E-state index contributed by atoms with van der Waals surface area (Å²) in [6, 6.07) is 14.6. The minimum absolute atomic E-state index is 0.244. The second-order valence-electron chi connectivity index (χ2n) is 6.91. The molecule has 0 N–H and O–H groups in total. The van der Waals surface area contributed by atoms with Gasteiger partial charge in [-0.1, -0.05) is 48.9 Å². The summed E-state index contributed by atoms with van der Waals surface area (Å²) in [6.45, 7) is 4.15. The highest BCUT2D eigenvalue weighted by atomic mass is 32.1. The number of esters is 1. The van der Waals surface area contributed by atoms with Crippen LogP contribution in [0.25, 0.3) is 22.4 Å². The summed E-state index contributed by atoms with van der Waals surface area (Å²) < 4.78 is 12.7. The number of benzene rings is 2. The molecule has 7 nitrogen and oxygen atoms in total. The van der Waals surface area contributed by atoms with Crippen molar-refractivity contribution in [3.05, 3.63) is 69.0 Å². The number of carbonyl (C=O) groups excluding carboxylic acids is 1. The van der Waals surface area contributed by atoms with Crippen LogP contribution >= 0.6 is 11.3 Å². The van der Waals surface area contributed by atoms with Crippen molar-refractivity contribution in [3.8, 4) is 22.9 Å². The number of ether oxygens (including phenoxy) is 2. The largest absolute Gasteiger partial charge is 0.494 e. The normalized spacial score (nSPS) is 11.7. The van der Waals surface area contributed by atoms with Gasteiger partial charge in [-0.25, -0.2) is 0 Å². The van der Waals surface area contributed by atoms with Gasteiger partial charge in [-0.2, -0.15) is 9.50 Å². The van der Waals surface area contributed by atoms with Crippen molar-refractivity contribution in [1.82, 2.24) is 14.6 Å². The zero-order chi connectivity index (χ0) is 21.8. The molecule has 0 fully saturated rings. The smallest absolute Gasteiger partial charge is 0.308 e. The lowest BCUT2D eigenvalue weighted by Gasteiger charge is -2.05. The van der Waals surface area contributed by atoms with Crippen molar-refractivity contribution in [3.63, 3.8) is 0 Å². The second kappa shape index (κ2) is 9.09. The Morgan fingerprint density at radius 2 is 1.94 bits per heavy atom. The fraction of sp³-hybridized carbons (Fsp3) is 0.217. The molecule has 0 aliphatic rings. The number of aromatic nitrogens is 3. The van der Waals surface area contributed by atoms with E-state index in [4.69, 9.17) is 9.47 Å². The zero-order valence-corrected chi connectivity index (χ0v) is 18.0. The van der Waals surface area contributed by atoms with E-state index < -0.39 is 5.97 Å². The quantitative estimate of drug-likeness (QED) is 0.251. The highest BCUT2D eigenvalue weighted by Crippen LogP contribution is 2.27. The van der Waals surface area contributed by atoms with Crippen LogP contribution in [0.2, 0.25) is 0 Å². The fourth-order valence-electron chi connectivity index (χ4n) is 2.99. The molecular weight excluding hydrogens is 414 g/mol. The number of hydrogen-bond acceptors (Lipinski definition) is 7. The van der Waals surface area contributed by atoms with Gasteiger partial charge in [-0.3, -0.25) is 9.59 Å². The van der Waals surface area contributed by atoms with Gasteiger partial charge in [0.05, 0.1) is 16.7 Å². The van der Waals surface area contributed by atoms with Gasteiger partial charge in [-0.15, -0.1) is 5.10 Å². The van der Waals surface area contributed by atoms with Crippen LogP contribution in [0.5, 0.6) is 11.5 Å². The third-order valence-electron chi connectivity index (χ3n) is 4.51. The van der Waals surface area contributed by atoms with Gasteiger partial charge in [-0.05, 0) is 42.3 Å². The first-order chi connectivity index (χ1) is 15.0. The van der Waals surface area contributed by atoms with Crippen molar-refractivity contribution in [2.24, 2.45) is 0 Å². The molecule has 0 aliphatic heterocycles. The molecule has 4 rings (SSSR count). The highest BCUT2D eigenvalue weighted by molar-refractivity contribution is 7.15. The first kappa shape index (κ1) is 20.7. The Morgan fingerprint density at radius 3 is 2.65 bits per heavy atom. The van der Waals surface area contributed by atoms with Crippen LogP contribution < -0.4 is 19.6 Å². The second-order valence-corrected chi connectivity index (χ2v) is 7.92. The van der Waals surface area contributed by atoms with E-state index in [-0.39, 0.29) is 5.56 Å². The number of nitrogens with zero attached hydrogens (tertiary/aromatic N) is 3. The molecule has 31 heavy (non-hydrogen) atoms. The Bertz CT molecular complexity index is 1330. The van der Waals surface area contributed by atoms with Crippen molar-refractivity contribution >= 4 is 28.3 Å². The molecule has 0 amide bonds. The van der Waals surface area contributed by atoms with E-state index in [2.05, 4.69) is 17.0 Å². The predicted octanol–water partition coefficient (Wildman–Crippen LogP) is 3.47. The first-order valence-electron chi connectivity index (χ1n) is 9.97. The Kier molecular flexibility index (Phi) is 6.08. The van der Waals surface area contributed by atoms with E-state index in [9.17, 15) is 9.59 Å². The van der Waals surface area contributed by atoms with Gasteiger partial charge in [0.25, 0.3) is 5.56 Å². The summed E-state index contributed by atoms with van der Waals surface area (Å²) in [5, 5.41) is 4.34. The molecule has 4 aromatic rings. The molecule has 0 spiro atoms. The molecule has 0 aliphatic carbocycles. The van der Waals surface area contributed by atoms with E-state index in [1.54, 1.807) is 24.3 Å². The molecule has 2 aromatic heterocycles. The first-order valence-corrected chi connectivity index (χ1v) is 10.8. The maximum absolute atomic E-state index is 12.8. The Balaban J connectivity index is 1.63. The molecule has 0 atom stereocenters. The van der Waals surface area contributed by atoms with Crippen molar-refractivity contribution in [1.29, 1.82) is 0 Å². The topological polar surface area (TPSA) is 82.8 Å². The van der Waals surface area contributed by atoms with Crippen LogP contribution in [0.15, 0.2) is 53.3 Å². The lowest BCUT2D eigenvalue weighted by atomic mass is 10.2. The van der Waals surface area contributed by atoms with Crippen LogP contribution in [-0.2, 0) is 4.79 Å². The number of rotatable bonds is 7. The summed E-state index contributed by atoms with van der Waals surface area (Å²) in [5.41, 5.74) is 1.20. The van der Waals surface area contributed by atoms with E-state index in [0.717, 1.165) is 24.2 Å². The molecule has 0 saturated heterocycles. The van der Waals surface area contributed by atoms with Crippen LogP contribution in [0.4, 0.5) is 0 Å². The van der Waals surface area contributed by atoms with Crippen LogP contribution in [0, 0.1) is 0 Å². The zero-order valence-electron chi connectivity index (χ0n) is 17.2. The molecule has 0 bridgehead atoms. The summed E-state index contributed by atoms with van der Waals surface area (Å²) in [4.78, 5) is 29.1. The standard InChI is InChI=1S/C23H21N3O4S/c1-3-4-13-29-17-11-9-16(10-12-17)14-20-22(28)26-23(31-20)24-21(25-26)18-7-5-6-8-19(18)30-15(2)27/h5-12,14H,3-4,13H2,1-2H3. The minimum atomic E-state index is -0.434. The predicted molar refractivity (Wildman–Crippen MR) is 120 cm³/mol. The average Bonchev–Trinajstić information content (AvgIpc) is 3.29. The number of unbranched alkanes of at least 4 members (excludes halogenated alkanes) is 1. The van der Waals surface area contributed by atoms with Gasteiger partial charge < -0.3 is 9.47 Å². The number of hydrogen-bond donors (Lipinski definition) is 0. The molecule has 158 valence electrons. The van der Waals surface area contributed by atoms with E-state index in [1.807, 2.05) is 30.3 Å². The van der Waals surface area contributed by atoms with Crippen molar-refractivity contribution in [2.45, 2.75) is 26.7 Å². The van der Waals surface area contributed by atoms with Crippen molar-refractivity contribution in [2.75, 3.05) is 6.61 Å². The SMILES string of the molecule is CCCCOc1ccc(C=c2sc3nc(-c4ccccc4OC(C)=O)nn3c2=O)cc1. The minimum Gasteiger partial charge on any atom is -0.494 e. The molecule has 0 saturated carbocycles. The molecule has 2 aromatic carbocycles. The van der Waals surface area contributed by atoms with Gasteiger partial charge in [0.2, 0.25) is 4.96 Å². The maximum atomic E-state index is 12.8. The van der Waals surface area contributed by atoms with Crippen LogP contribution in [-0.4, -0.2) is 27.2 Å². The van der Waals surface area contributed by atoms with E-state index in [0.29, 0.717) is 33.2 Å². The van der Waals surface area contributed by atoms with E-state index >= 15 is 0 Å². The number of fused-ring (bicyclic) bond motifs is 1. The van der Waals surface area contributed by atoms with Crippen LogP contribution in [0.1, 0.15) is 32.3 Å². The fourth-order valence-corrected chi connectivity index (χ4v) is 3.90. The average molecular weight is 436 g/mol. The summed E-state index contributed by atoms with van der Waals surface area (Å²) in [6.07, 6.45) is 3.91. The van der Waals surface area contributed by atoms with Crippen LogP contribution in [0.3, 0.4) is 0 Å². The Labute approximate surface area is 182 Å². The molecule has 2 heterocycles. The lowest BCUT2D eigenvalue weighted by molar-refractivity contribution is -0.131. The molecule has 0 unspecified atom stereocenters. The molecular formula is C23H21N3O4S. The number of carbonyl (C=O) groups is 1. The van der Waals surface area contributed by atoms with E-state index in [1.165, 1.54) is 22.8 Å². The Morgan fingerprint density at radius 1 is 1.16 bits per heavy atom. The maximum Gasteiger partial charge on any atom is 0.308 e. The molecule has 0 radical (unpaired) electrons.